The molecule has 162 valence electrons. The molecule has 1 heterocycles. The molecule has 0 aliphatic carbocycles. The Hall–Kier alpha value is -3.39. The minimum Gasteiger partial charge on any atom is -0.465 e. The number of nitro benzene ring substituents is 1. The highest BCUT2D eigenvalue weighted by atomic mass is 35.5. The molecule has 0 bridgehead atoms. The number of pyridine rings is 1. The van der Waals surface area contributed by atoms with Crippen molar-refractivity contribution in [1.29, 1.82) is 0 Å². The zero-order chi connectivity index (χ0) is 23.1. The Morgan fingerprint density at radius 1 is 1.19 bits per heavy atom. The average Bonchev–Trinajstić information content (AvgIpc) is 2.68. The Bertz CT molecular complexity index is 1260. The van der Waals surface area contributed by atoms with Crippen molar-refractivity contribution in [2.24, 2.45) is 12.5 Å². The van der Waals surface area contributed by atoms with Gasteiger partial charge in [0, 0.05) is 35.2 Å². The molecule has 3 rings (SSSR count). The van der Waals surface area contributed by atoms with Crippen LogP contribution < -0.4 is 10.9 Å². The van der Waals surface area contributed by atoms with Gasteiger partial charge in [0.2, 0.25) is 0 Å². The third-order valence-electron chi connectivity index (χ3n) is 5.16. The summed E-state index contributed by atoms with van der Waals surface area (Å²) in [4.78, 5) is 35.7. The summed E-state index contributed by atoms with van der Waals surface area (Å²) in [7, 11) is 1.56. The Balaban J connectivity index is 2.55. The fourth-order valence-electron chi connectivity index (χ4n) is 3.74. The molecule has 1 amide bonds. The Kier molecular flexibility index (Phi) is 5.78. The van der Waals surface area contributed by atoms with Gasteiger partial charge < -0.3 is 15.0 Å². The van der Waals surface area contributed by atoms with E-state index in [4.69, 9.17) is 11.6 Å². The number of carboxylic acid groups (broad SMARTS) is 1. The monoisotopic (exact) mass is 443 g/mol. The number of nitrogens with zero attached hydrogens (tertiary/aromatic N) is 2. The molecule has 9 heteroatoms. The van der Waals surface area contributed by atoms with E-state index in [2.05, 4.69) is 5.32 Å². The molecule has 2 aromatic carbocycles. The largest absolute Gasteiger partial charge is 0.465 e. The summed E-state index contributed by atoms with van der Waals surface area (Å²) in [5.74, 6) is 0. The number of rotatable bonds is 4. The molecule has 8 nitrogen and oxygen atoms in total. The number of fused-ring (bicyclic) bond motifs is 1. The molecule has 3 aromatic rings. The highest BCUT2D eigenvalue weighted by Crippen LogP contribution is 2.41. The minimum absolute atomic E-state index is 0.119. The van der Waals surface area contributed by atoms with Gasteiger partial charge in [0.15, 0.2) is 0 Å². The highest BCUT2D eigenvalue weighted by molar-refractivity contribution is 6.31. The van der Waals surface area contributed by atoms with Gasteiger partial charge in [-0.25, -0.2) is 4.79 Å². The molecule has 0 aliphatic heterocycles. The SMILES string of the molecule is Cn1c(C(NC(=O)O)C(C)(C)C)c(-c2cccc([N+](=O)[O-])c2)c2cc(Cl)ccc2c1=O. The molecule has 0 saturated carbocycles. The summed E-state index contributed by atoms with van der Waals surface area (Å²) in [6.07, 6.45) is -1.25. The molecule has 2 N–H and O–H groups in total. The van der Waals surface area contributed by atoms with Gasteiger partial charge in [-0.15, -0.1) is 0 Å². The molecule has 0 saturated heterocycles. The van der Waals surface area contributed by atoms with Crippen molar-refractivity contribution in [1.82, 2.24) is 9.88 Å². The van der Waals surface area contributed by atoms with E-state index in [1.54, 1.807) is 37.4 Å². The Labute approximate surface area is 183 Å². The zero-order valence-electron chi connectivity index (χ0n) is 17.5. The number of nitro groups is 1. The van der Waals surface area contributed by atoms with Gasteiger partial charge in [-0.1, -0.05) is 44.5 Å². The van der Waals surface area contributed by atoms with Gasteiger partial charge in [-0.3, -0.25) is 14.9 Å². The Morgan fingerprint density at radius 3 is 2.45 bits per heavy atom. The summed E-state index contributed by atoms with van der Waals surface area (Å²) >= 11 is 6.23. The lowest BCUT2D eigenvalue weighted by molar-refractivity contribution is -0.384. The molecule has 1 unspecified atom stereocenters. The number of hydrogen-bond donors (Lipinski definition) is 2. The molecule has 0 aliphatic rings. The van der Waals surface area contributed by atoms with Gasteiger partial charge in [-0.2, -0.15) is 0 Å². The van der Waals surface area contributed by atoms with Crippen molar-refractivity contribution in [2.45, 2.75) is 26.8 Å². The average molecular weight is 444 g/mol. The highest BCUT2D eigenvalue weighted by Gasteiger charge is 2.33. The second-order valence-electron chi connectivity index (χ2n) is 8.37. The van der Waals surface area contributed by atoms with Crippen molar-refractivity contribution in [3.8, 4) is 11.1 Å². The molecule has 0 fully saturated rings. The third kappa shape index (κ3) is 4.25. The van der Waals surface area contributed by atoms with E-state index in [9.17, 15) is 24.8 Å². The maximum atomic E-state index is 13.2. The van der Waals surface area contributed by atoms with Crippen LogP contribution in [0.1, 0.15) is 32.5 Å². The number of amides is 1. The summed E-state index contributed by atoms with van der Waals surface area (Å²) in [5.41, 5.74) is 0.327. The smallest absolute Gasteiger partial charge is 0.405 e. The van der Waals surface area contributed by atoms with Crippen molar-refractivity contribution in [3.63, 3.8) is 0 Å². The number of hydrogen-bond acceptors (Lipinski definition) is 4. The molecule has 0 spiro atoms. The zero-order valence-corrected chi connectivity index (χ0v) is 18.2. The fourth-order valence-corrected chi connectivity index (χ4v) is 3.91. The molecular formula is C22H22ClN3O5. The van der Waals surface area contributed by atoms with E-state index in [1.165, 1.54) is 16.7 Å². The first kappa shape index (κ1) is 22.3. The normalized spacial score (nSPS) is 12.5. The van der Waals surface area contributed by atoms with Crippen molar-refractivity contribution >= 4 is 34.2 Å². The van der Waals surface area contributed by atoms with E-state index < -0.39 is 22.5 Å². The molecule has 0 radical (unpaired) electrons. The first-order valence-corrected chi connectivity index (χ1v) is 9.86. The summed E-state index contributed by atoms with van der Waals surface area (Å²) in [5, 5.41) is 24.7. The quantitative estimate of drug-likeness (QED) is 0.429. The van der Waals surface area contributed by atoms with Gasteiger partial charge in [0.1, 0.15) is 0 Å². The minimum atomic E-state index is -1.25. The van der Waals surface area contributed by atoms with Crippen LogP contribution in [-0.2, 0) is 7.05 Å². The fraction of sp³-hybridized carbons (Fsp3) is 0.273. The van der Waals surface area contributed by atoms with E-state index in [-0.39, 0.29) is 11.2 Å². The van der Waals surface area contributed by atoms with Gasteiger partial charge in [0.25, 0.3) is 11.2 Å². The molecule has 1 aromatic heterocycles. The van der Waals surface area contributed by atoms with Crippen LogP contribution >= 0.6 is 11.6 Å². The summed E-state index contributed by atoms with van der Waals surface area (Å²) < 4.78 is 1.40. The maximum Gasteiger partial charge on any atom is 0.405 e. The van der Waals surface area contributed by atoms with E-state index in [0.29, 0.717) is 32.6 Å². The number of halogens is 1. The van der Waals surface area contributed by atoms with Gasteiger partial charge >= 0.3 is 6.09 Å². The number of benzene rings is 2. The van der Waals surface area contributed by atoms with Crippen LogP contribution in [0.25, 0.3) is 21.9 Å². The standard InChI is InChI=1S/C22H22ClN3O5/c1-22(2,3)19(24-21(28)29)18-17(12-6-5-7-14(10-12)26(30)31)16-11-13(23)8-9-15(16)20(27)25(18)4/h5-11,19,24H,1-4H3,(H,28,29). The first-order valence-electron chi connectivity index (χ1n) is 9.48. The van der Waals surface area contributed by atoms with Crippen LogP contribution in [0, 0.1) is 15.5 Å². The van der Waals surface area contributed by atoms with Crippen LogP contribution in [-0.4, -0.2) is 20.7 Å². The number of nitrogens with one attached hydrogen (secondary N) is 1. The van der Waals surface area contributed by atoms with E-state index in [0.717, 1.165) is 0 Å². The van der Waals surface area contributed by atoms with Crippen LogP contribution in [0.4, 0.5) is 10.5 Å². The second kappa shape index (κ2) is 8.03. The Morgan fingerprint density at radius 2 is 1.87 bits per heavy atom. The lowest BCUT2D eigenvalue weighted by Gasteiger charge is -2.34. The number of carbonyl (C=O) groups is 1. The van der Waals surface area contributed by atoms with Crippen molar-refractivity contribution < 1.29 is 14.8 Å². The third-order valence-corrected chi connectivity index (χ3v) is 5.39. The van der Waals surface area contributed by atoms with E-state index >= 15 is 0 Å². The van der Waals surface area contributed by atoms with Crippen LogP contribution in [0.15, 0.2) is 47.3 Å². The number of non-ortho nitro benzene ring substituents is 1. The molecular weight excluding hydrogens is 422 g/mol. The second-order valence-corrected chi connectivity index (χ2v) is 8.81. The first-order chi connectivity index (χ1) is 14.4. The molecule has 31 heavy (non-hydrogen) atoms. The summed E-state index contributed by atoms with van der Waals surface area (Å²) in [6, 6.07) is 10.0. The van der Waals surface area contributed by atoms with E-state index in [1.807, 2.05) is 20.8 Å². The predicted octanol–water partition coefficient (Wildman–Crippen LogP) is 5.12. The summed E-state index contributed by atoms with van der Waals surface area (Å²) in [6.45, 7) is 5.53. The van der Waals surface area contributed by atoms with Crippen molar-refractivity contribution in [2.75, 3.05) is 0 Å². The van der Waals surface area contributed by atoms with Crippen molar-refractivity contribution in [3.05, 3.63) is 73.6 Å². The van der Waals surface area contributed by atoms with Crippen LogP contribution in [0.3, 0.4) is 0 Å². The topological polar surface area (TPSA) is 114 Å². The molecule has 1 atom stereocenters. The van der Waals surface area contributed by atoms with Crippen LogP contribution in [0.5, 0.6) is 0 Å². The predicted molar refractivity (Wildman–Crippen MR) is 120 cm³/mol. The van der Waals surface area contributed by atoms with Crippen LogP contribution in [0.2, 0.25) is 5.02 Å². The lowest BCUT2D eigenvalue weighted by Crippen LogP contribution is -2.39. The lowest BCUT2D eigenvalue weighted by atomic mass is 9.81. The number of aromatic nitrogens is 1. The van der Waals surface area contributed by atoms with Gasteiger partial charge in [-0.05, 0) is 34.6 Å². The van der Waals surface area contributed by atoms with Gasteiger partial charge in [0.05, 0.1) is 16.7 Å². The maximum absolute atomic E-state index is 13.2.